The van der Waals surface area contributed by atoms with Gasteiger partial charge in [-0.3, -0.25) is 0 Å². The number of hydrogen-bond acceptors (Lipinski definition) is 1. The molecule has 0 saturated carbocycles. The molecule has 0 atom stereocenters. The van der Waals surface area contributed by atoms with Crippen LogP contribution in [0.3, 0.4) is 0 Å². The highest BCUT2D eigenvalue weighted by Crippen LogP contribution is 2.33. The van der Waals surface area contributed by atoms with Crippen LogP contribution in [-0.2, 0) is 11.8 Å². The second kappa shape index (κ2) is 5.10. The lowest BCUT2D eigenvalue weighted by Gasteiger charge is -2.43. The van der Waals surface area contributed by atoms with Gasteiger partial charge in [0.15, 0.2) is 0 Å². The Morgan fingerprint density at radius 2 is 1.84 bits per heavy atom. The molecule has 2 heteroatoms. The average Bonchev–Trinajstić information content (AvgIpc) is 2.36. The molecule has 2 aromatic rings. The Bertz CT molecular complexity index is 570. The first-order valence-corrected chi connectivity index (χ1v) is 7.50. The standard InChI is InChI=1S/C17H18BrN/c1-13-3-2-4-15(9-13)17(11-19-12-17)10-14-5-7-16(18)8-6-14/h2-9,19H,10-12H2,1H3. The molecule has 0 unspecified atom stereocenters. The summed E-state index contributed by atoms with van der Waals surface area (Å²) in [5, 5.41) is 3.44. The number of benzene rings is 2. The van der Waals surface area contributed by atoms with Crippen LogP contribution >= 0.6 is 15.9 Å². The first-order valence-electron chi connectivity index (χ1n) is 6.70. The molecule has 1 aliphatic heterocycles. The van der Waals surface area contributed by atoms with Gasteiger partial charge in [-0.25, -0.2) is 0 Å². The van der Waals surface area contributed by atoms with Crippen molar-refractivity contribution in [3.05, 3.63) is 69.7 Å². The third-order valence-corrected chi connectivity index (χ3v) is 4.54. The van der Waals surface area contributed by atoms with Gasteiger partial charge >= 0.3 is 0 Å². The zero-order valence-electron chi connectivity index (χ0n) is 11.1. The van der Waals surface area contributed by atoms with Crippen LogP contribution in [-0.4, -0.2) is 13.1 Å². The van der Waals surface area contributed by atoms with Gasteiger partial charge in [0.1, 0.15) is 0 Å². The normalized spacial score (nSPS) is 16.9. The molecule has 0 bridgehead atoms. The Kier molecular flexibility index (Phi) is 3.46. The van der Waals surface area contributed by atoms with Gasteiger partial charge in [0.05, 0.1) is 0 Å². The average molecular weight is 316 g/mol. The molecule has 1 nitrogen and oxygen atoms in total. The molecule has 0 radical (unpaired) electrons. The summed E-state index contributed by atoms with van der Waals surface area (Å²) in [5.74, 6) is 0. The SMILES string of the molecule is Cc1cccc(C2(Cc3ccc(Br)cc3)CNC2)c1. The highest BCUT2D eigenvalue weighted by molar-refractivity contribution is 9.10. The van der Waals surface area contributed by atoms with E-state index in [0.717, 1.165) is 24.0 Å². The van der Waals surface area contributed by atoms with E-state index < -0.39 is 0 Å². The van der Waals surface area contributed by atoms with Crippen molar-refractivity contribution in [2.24, 2.45) is 0 Å². The van der Waals surface area contributed by atoms with Crippen LogP contribution in [0.2, 0.25) is 0 Å². The van der Waals surface area contributed by atoms with Crippen LogP contribution in [0.25, 0.3) is 0 Å². The van der Waals surface area contributed by atoms with Crippen LogP contribution in [0.5, 0.6) is 0 Å². The molecule has 0 spiro atoms. The summed E-state index contributed by atoms with van der Waals surface area (Å²) in [4.78, 5) is 0. The first-order chi connectivity index (χ1) is 9.18. The highest BCUT2D eigenvalue weighted by Gasteiger charge is 2.38. The molecule has 0 amide bonds. The summed E-state index contributed by atoms with van der Waals surface area (Å²) in [6.45, 7) is 4.32. The Hall–Kier alpha value is -1.12. The predicted octanol–water partition coefficient (Wildman–Crippen LogP) is 3.84. The maximum atomic E-state index is 3.50. The van der Waals surface area contributed by atoms with E-state index in [1.54, 1.807) is 0 Å². The monoisotopic (exact) mass is 315 g/mol. The lowest BCUT2D eigenvalue weighted by Crippen LogP contribution is -2.58. The minimum absolute atomic E-state index is 0.278. The molecule has 1 heterocycles. The Morgan fingerprint density at radius 3 is 2.42 bits per heavy atom. The molecule has 0 aliphatic carbocycles. The minimum Gasteiger partial charge on any atom is -0.315 e. The van der Waals surface area contributed by atoms with Gasteiger partial charge in [0, 0.05) is 23.0 Å². The van der Waals surface area contributed by atoms with Crippen LogP contribution in [0, 0.1) is 6.92 Å². The fraction of sp³-hybridized carbons (Fsp3) is 0.294. The molecule has 1 saturated heterocycles. The van der Waals surface area contributed by atoms with Gasteiger partial charge in [-0.2, -0.15) is 0 Å². The maximum absolute atomic E-state index is 3.50. The van der Waals surface area contributed by atoms with E-state index in [2.05, 4.69) is 76.7 Å². The van der Waals surface area contributed by atoms with Crippen LogP contribution in [0.1, 0.15) is 16.7 Å². The summed E-state index contributed by atoms with van der Waals surface area (Å²) in [6.07, 6.45) is 1.11. The smallest absolute Gasteiger partial charge is 0.0243 e. The third-order valence-electron chi connectivity index (χ3n) is 4.01. The van der Waals surface area contributed by atoms with Gasteiger partial charge in [-0.05, 0) is 36.6 Å². The summed E-state index contributed by atoms with van der Waals surface area (Å²) in [6, 6.07) is 17.7. The molecule has 98 valence electrons. The number of rotatable bonds is 3. The van der Waals surface area contributed by atoms with E-state index in [0.29, 0.717) is 0 Å². The van der Waals surface area contributed by atoms with Crippen molar-refractivity contribution in [3.63, 3.8) is 0 Å². The van der Waals surface area contributed by atoms with E-state index >= 15 is 0 Å². The van der Waals surface area contributed by atoms with Crippen molar-refractivity contribution in [1.29, 1.82) is 0 Å². The summed E-state index contributed by atoms with van der Waals surface area (Å²) in [5.41, 5.74) is 4.50. The fourth-order valence-electron chi connectivity index (χ4n) is 2.83. The molecular weight excluding hydrogens is 298 g/mol. The quantitative estimate of drug-likeness (QED) is 0.907. The van der Waals surface area contributed by atoms with Gasteiger partial charge in [-0.1, -0.05) is 57.9 Å². The zero-order valence-corrected chi connectivity index (χ0v) is 12.7. The molecule has 0 aromatic heterocycles. The Morgan fingerprint density at radius 1 is 1.11 bits per heavy atom. The second-order valence-corrected chi connectivity index (χ2v) is 6.47. The molecule has 2 aromatic carbocycles. The van der Waals surface area contributed by atoms with E-state index in [4.69, 9.17) is 0 Å². The van der Waals surface area contributed by atoms with E-state index in [9.17, 15) is 0 Å². The van der Waals surface area contributed by atoms with Crippen molar-refractivity contribution in [1.82, 2.24) is 5.32 Å². The largest absolute Gasteiger partial charge is 0.315 e. The van der Waals surface area contributed by atoms with Crippen LogP contribution in [0.4, 0.5) is 0 Å². The third kappa shape index (κ3) is 2.60. The number of halogens is 1. The van der Waals surface area contributed by atoms with E-state index in [1.807, 2.05) is 0 Å². The lowest BCUT2D eigenvalue weighted by molar-refractivity contribution is 0.274. The predicted molar refractivity (Wildman–Crippen MR) is 83.6 cm³/mol. The van der Waals surface area contributed by atoms with Gasteiger partial charge in [-0.15, -0.1) is 0 Å². The van der Waals surface area contributed by atoms with Crippen molar-refractivity contribution in [2.75, 3.05) is 13.1 Å². The molecule has 1 N–H and O–H groups in total. The molecular formula is C17H18BrN. The first kappa shape index (κ1) is 12.9. The zero-order chi connectivity index (χ0) is 13.3. The Labute approximate surface area is 123 Å². The second-order valence-electron chi connectivity index (χ2n) is 5.56. The molecule has 19 heavy (non-hydrogen) atoms. The molecule has 1 aliphatic rings. The van der Waals surface area contributed by atoms with Crippen molar-refractivity contribution in [2.45, 2.75) is 18.8 Å². The van der Waals surface area contributed by atoms with Crippen molar-refractivity contribution >= 4 is 15.9 Å². The topological polar surface area (TPSA) is 12.0 Å². The molecule has 1 fully saturated rings. The summed E-state index contributed by atoms with van der Waals surface area (Å²) in [7, 11) is 0. The van der Waals surface area contributed by atoms with Crippen LogP contribution < -0.4 is 5.32 Å². The van der Waals surface area contributed by atoms with E-state index in [-0.39, 0.29) is 5.41 Å². The summed E-state index contributed by atoms with van der Waals surface area (Å²) >= 11 is 3.50. The summed E-state index contributed by atoms with van der Waals surface area (Å²) < 4.78 is 1.15. The van der Waals surface area contributed by atoms with Gasteiger partial charge in [0.2, 0.25) is 0 Å². The highest BCUT2D eigenvalue weighted by atomic mass is 79.9. The minimum atomic E-state index is 0.278. The van der Waals surface area contributed by atoms with E-state index in [1.165, 1.54) is 16.7 Å². The Balaban J connectivity index is 1.89. The maximum Gasteiger partial charge on any atom is 0.0243 e. The number of nitrogens with one attached hydrogen (secondary N) is 1. The number of aryl methyl sites for hydroxylation is 1. The lowest BCUT2D eigenvalue weighted by atomic mass is 9.71. The van der Waals surface area contributed by atoms with Crippen molar-refractivity contribution < 1.29 is 0 Å². The van der Waals surface area contributed by atoms with Crippen molar-refractivity contribution in [3.8, 4) is 0 Å². The van der Waals surface area contributed by atoms with Gasteiger partial charge < -0.3 is 5.32 Å². The number of hydrogen-bond donors (Lipinski definition) is 1. The van der Waals surface area contributed by atoms with Gasteiger partial charge in [0.25, 0.3) is 0 Å². The van der Waals surface area contributed by atoms with Crippen LogP contribution in [0.15, 0.2) is 53.0 Å². The fourth-order valence-corrected chi connectivity index (χ4v) is 3.09. The molecule has 3 rings (SSSR count).